The van der Waals surface area contributed by atoms with Crippen molar-refractivity contribution in [2.24, 2.45) is 5.92 Å². The topological polar surface area (TPSA) is 85.2 Å². The fourth-order valence-corrected chi connectivity index (χ4v) is 7.28. The molecule has 3 aromatic heterocycles. The maximum Gasteiger partial charge on any atom is 0.410 e. The zero-order valence-corrected chi connectivity index (χ0v) is 22.3. The standard InChI is InChI=1S/C24H24ClF3N4O3S2/c1-3-35-23(34)17-12-7-6-11(2)9-15(12)37-22(17)30-21(33)19-18(25)20-29-13(14-5-4-8-36-14)10-16(24(26,27)28)32(20)31-19/h4-5,8,11,13,16,29H,3,6-7,9-10H2,1-2H3,(H,30,33)/t11-,13-,16-/m1/s1. The molecule has 198 valence electrons. The zero-order chi connectivity index (χ0) is 26.5. The number of halogens is 4. The summed E-state index contributed by atoms with van der Waals surface area (Å²) in [7, 11) is 0. The van der Waals surface area contributed by atoms with Crippen LogP contribution in [0.3, 0.4) is 0 Å². The van der Waals surface area contributed by atoms with Gasteiger partial charge in [-0.2, -0.15) is 18.3 Å². The first-order valence-corrected chi connectivity index (χ1v) is 13.9. The third-order valence-corrected chi connectivity index (χ3v) is 9.13. The molecule has 0 radical (unpaired) electrons. The van der Waals surface area contributed by atoms with Crippen LogP contribution in [0, 0.1) is 5.92 Å². The van der Waals surface area contributed by atoms with Gasteiger partial charge < -0.3 is 15.4 Å². The van der Waals surface area contributed by atoms with E-state index in [4.69, 9.17) is 16.3 Å². The van der Waals surface area contributed by atoms with Gasteiger partial charge in [0, 0.05) is 16.2 Å². The Hall–Kier alpha value is -2.57. The second kappa shape index (κ2) is 9.95. The summed E-state index contributed by atoms with van der Waals surface area (Å²) in [6.07, 6.45) is -2.55. The second-order valence-electron chi connectivity index (χ2n) is 9.19. The molecule has 3 aromatic rings. The maximum atomic E-state index is 14.0. The number of anilines is 2. The van der Waals surface area contributed by atoms with Gasteiger partial charge in [-0.3, -0.25) is 4.79 Å². The Morgan fingerprint density at radius 3 is 2.84 bits per heavy atom. The van der Waals surface area contributed by atoms with Crippen molar-refractivity contribution >= 4 is 57.0 Å². The SMILES string of the molecule is CCOC(=O)c1c(NC(=O)c2nn3c(c2Cl)N[C@@H](c2cccs2)C[C@@H]3C(F)(F)F)sc2c1CC[C@@H](C)C2. The molecule has 7 nitrogen and oxygen atoms in total. The number of fused-ring (bicyclic) bond motifs is 2. The van der Waals surface area contributed by atoms with Gasteiger partial charge in [0.2, 0.25) is 0 Å². The number of hydrogen-bond donors (Lipinski definition) is 2. The number of nitrogens with zero attached hydrogens (tertiary/aromatic N) is 2. The average molecular weight is 573 g/mol. The van der Waals surface area contributed by atoms with Crippen LogP contribution in [0.4, 0.5) is 24.0 Å². The third-order valence-electron chi connectivity index (χ3n) is 6.62. The van der Waals surface area contributed by atoms with Crippen molar-refractivity contribution in [3.63, 3.8) is 0 Å². The van der Waals surface area contributed by atoms with Gasteiger partial charge in [0.1, 0.15) is 15.8 Å². The van der Waals surface area contributed by atoms with Crippen LogP contribution in [-0.2, 0) is 17.6 Å². The smallest absolute Gasteiger partial charge is 0.410 e. The molecular weight excluding hydrogens is 549 g/mol. The Labute approximate surface area is 224 Å². The van der Waals surface area contributed by atoms with Crippen molar-refractivity contribution in [1.82, 2.24) is 9.78 Å². The fraction of sp³-hybridized carbons (Fsp3) is 0.458. The number of alkyl halides is 3. The molecule has 0 bridgehead atoms. The Balaban J connectivity index is 1.50. The quantitative estimate of drug-likeness (QED) is 0.326. The molecule has 1 aliphatic carbocycles. The Morgan fingerprint density at radius 1 is 1.38 bits per heavy atom. The number of thiophene rings is 2. The summed E-state index contributed by atoms with van der Waals surface area (Å²) in [4.78, 5) is 27.8. The minimum absolute atomic E-state index is 0.0660. The second-order valence-corrected chi connectivity index (χ2v) is 11.7. The van der Waals surface area contributed by atoms with E-state index < -0.39 is 30.1 Å². The van der Waals surface area contributed by atoms with E-state index in [1.807, 2.05) is 0 Å². The van der Waals surface area contributed by atoms with Crippen molar-refractivity contribution in [2.45, 2.75) is 57.8 Å². The van der Waals surface area contributed by atoms with Gasteiger partial charge in [-0.1, -0.05) is 24.6 Å². The molecule has 0 fully saturated rings. The molecule has 0 aromatic carbocycles. The van der Waals surface area contributed by atoms with Crippen molar-refractivity contribution in [3.8, 4) is 0 Å². The van der Waals surface area contributed by atoms with Crippen LogP contribution in [0.25, 0.3) is 0 Å². The number of carbonyl (C=O) groups is 2. The molecule has 0 spiro atoms. The van der Waals surface area contributed by atoms with Crippen molar-refractivity contribution < 1.29 is 27.5 Å². The van der Waals surface area contributed by atoms with Crippen molar-refractivity contribution in [3.05, 3.63) is 49.1 Å². The van der Waals surface area contributed by atoms with E-state index in [2.05, 4.69) is 22.7 Å². The highest BCUT2D eigenvalue weighted by molar-refractivity contribution is 7.17. The highest BCUT2D eigenvalue weighted by atomic mass is 35.5. The molecular formula is C24H24ClF3N4O3S2. The molecule has 37 heavy (non-hydrogen) atoms. The molecule has 1 amide bonds. The zero-order valence-electron chi connectivity index (χ0n) is 19.9. The van der Waals surface area contributed by atoms with Crippen molar-refractivity contribution in [1.29, 1.82) is 0 Å². The van der Waals surface area contributed by atoms with Crippen LogP contribution < -0.4 is 10.6 Å². The maximum absolute atomic E-state index is 14.0. The number of hydrogen-bond acceptors (Lipinski definition) is 7. The summed E-state index contributed by atoms with van der Waals surface area (Å²) in [5.74, 6) is -0.971. The average Bonchev–Trinajstić information content (AvgIpc) is 3.55. The molecule has 5 rings (SSSR count). The monoisotopic (exact) mass is 572 g/mol. The van der Waals surface area contributed by atoms with Gasteiger partial charge in [-0.05, 0) is 49.1 Å². The lowest BCUT2D eigenvalue weighted by molar-refractivity contribution is -0.173. The predicted molar refractivity (Wildman–Crippen MR) is 137 cm³/mol. The van der Waals surface area contributed by atoms with Crippen LogP contribution in [0.15, 0.2) is 17.5 Å². The molecule has 4 heterocycles. The molecule has 0 unspecified atom stereocenters. The first-order valence-electron chi connectivity index (χ1n) is 11.9. The normalized spacial score (nSPS) is 21.1. The van der Waals surface area contributed by atoms with Crippen LogP contribution in [0.5, 0.6) is 0 Å². The highest BCUT2D eigenvalue weighted by Gasteiger charge is 2.48. The molecule has 1 aliphatic heterocycles. The number of esters is 1. The number of carbonyl (C=O) groups excluding carboxylic acids is 2. The molecule has 0 saturated carbocycles. The van der Waals surface area contributed by atoms with E-state index in [1.165, 1.54) is 22.7 Å². The highest BCUT2D eigenvalue weighted by Crippen LogP contribution is 2.47. The van der Waals surface area contributed by atoms with Crippen LogP contribution in [-0.4, -0.2) is 34.4 Å². The van der Waals surface area contributed by atoms with Crippen LogP contribution >= 0.6 is 34.3 Å². The number of rotatable bonds is 5. The predicted octanol–water partition coefficient (Wildman–Crippen LogP) is 6.87. The van der Waals surface area contributed by atoms with Gasteiger partial charge in [-0.25, -0.2) is 9.48 Å². The molecule has 2 N–H and O–H groups in total. The largest absolute Gasteiger partial charge is 0.462 e. The Kier molecular flexibility index (Phi) is 7.01. The van der Waals surface area contributed by atoms with E-state index in [0.717, 1.165) is 32.8 Å². The summed E-state index contributed by atoms with van der Waals surface area (Å²) < 4.78 is 48.0. The van der Waals surface area contributed by atoms with E-state index in [-0.39, 0.29) is 29.6 Å². The van der Waals surface area contributed by atoms with E-state index in [9.17, 15) is 22.8 Å². The molecule has 3 atom stereocenters. The van der Waals surface area contributed by atoms with Gasteiger partial charge in [-0.15, -0.1) is 22.7 Å². The van der Waals surface area contributed by atoms with Gasteiger partial charge in [0.05, 0.1) is 18.2 Å². The lowest BCUT2D eigenvalue weighted by Crippen LogP contribution is -2.35. The fourth-order valence-electron chi connectivity index (χ4n) is 4.83. The number of amides is 1. The molecule has 2 aliphatic rings. The Bertz CT molecular complexity index is 1340. The first kappa shape index (κ1) is 26.1. The minimum Gasteiger partial charge on any atom is -0.462 e. The minimum atomic E-state index is -4.60. The summed E-state index contributed by atoms with van der Waals surface area (Å²) in [5.41, 5.74) is 0.802. The van der Waals surface area contributed by atoms with Crippen molar-refractivity contribution in [2.75, 3.05) is 17.2 Å². The third kappa shape index (κ3) is 4.86. The van der Waals surface area contributed by atoms with Gasteiger partial charge >= 0.3 is 12.1 Å². The lowest BCUT2D eigenvalue weighted by Gasteiger charge is -2.32. The number of ether oxygens (including phenoxy) is 1. The van der Waals surface area contributed by atoms with Gasteiger partial charge in [0.15, 0.2) is 11.7 Å². The summed E-state index contributed by atoms with van der Waals surface area (Å²) >= 11 is 9.08. The van der Waals surface area contributed by atoms with Crippen LogP contribution in [0.2, 0.25) is 5.02 Å². The van der Waals surface area contributed by atoms with Crippen LogP contribution in [0.1, 0.15) is 74.9 Å². The first-order chi connectivity index (χ1) is 17.6. The van der Waals surface area contributed by atoms with E-state index >= 15 is 0 Å². The summed E-state index contributed by atoms with van der Waals surface area (Å²) in [5, 5.41) is 11.6. The lowest BCUT2D eigenvalue weighted by atomic mass is 9.88. The molecule has 0 saturated heterocycles. The Morgan fingerprint density at radius 2 is 2.16 bits per heavy atom. The molecule has 13 heteroatoms. The number of aromatic nitrogens is 2. The summed E-state index contributed by atoms with van der Waals surface area (Å²) in [6, 6.07) is 0.921. The van der Waals surface area contributed by atoms with E-state index in [0.29, 0.717) is 22.9 Å². The summed E-state index contributed by atoms with van der Waals surface area (Å²) in [6.45, 7) is 3.98. The number of nitrogens with one attached hydrogen (secondary N) is 2. The van der Waals surface area contributed by atoms with Gasteiger partial charge in [0.25, 0.3) is 5.91 Å². The van der Waals surface area contributed by atoms with E-state index in [1.54, 1.807) is 24.4 Å².